The van der Waals surface area contributed by atoms with Crippen molar-refractivity contribution in [1.82, 2.24) is 25.1 Å². The molecule has 0 aromatic carbocycles. The molecule has 1 atom stereocenters. The monoisotopic (exact) mass is 329 g/mol. The van der Waals surface area contributed by atoms with E-state index >= 15 is 0 Å². The fraction of sp³-hybridized carbons (Fsp3) is 0.529. The number of nitrogens with one attached hydrogen (secondary N) is 1. The topological polar surface area (TPSA) is 81.9 Å². The number of aromatic nitrogens is 4. The van der Waals surface area contributed by atoms with Crippen LogP contribution in [0.4, 0.5) is 0 Å². The Morgan fingerprint density at radius 1 is 1.42 bits per heavy atom. The van der Waals surface area contributed by atoms with Gasteiger partial charge in [0.05, 0.1) is 12.2 Å². The molecule has 0 bridgehead atoms. The molecule has 0 spiro atoms. The maximum atomic E-state index is 12.4. The fourth-order valence-corrected chi connectivity index (χ4v) is 2.70. The molecule has 7 heteroatoms. The molecule has 128 valence electrons. The predicted octanol–water partition coefficient (Wildman–Crippen LogP) is 1.76. The van der Waals surface area contributed by atoms with Crippen LogP contribution in [0, 0.1) is 12.8 Å². The lowest BCUT2D eigenvalue weighted by atomic mass is 10.1. The number of ether oxygens (including phenoxy) is 1. The van der Waals surface area contributed by atoms with E-state index < -0.39 is 0 Å². The van der Waals surface area contributed by atoms with Gasteiger partial charge in [-0.15, -0.1) is 10.2 Å². The van der Waals surface area contributed by atoms with Crippen molar-refractivity contribution in [2.45, 2.75) is 46.2 Å². The lowest BCUT2D eigenvalue weighted by molar-refractivity contribution is 0.0927. The highest BCUT2D eigenvalue weighted by Gasteiger charge is 2.23. The van der Waals surface area contributed by atoms with E-state index in [4.69, 9.17) is 4.74 Å². The van der Waals surface area contributed by atoms with Crippen molar-refractivity contribution in [3.63, 3.8) is 0 Å². The Hall–Kier alpha value is -2.44. The van der Waals surface area contributed by atoms with Crippen LogP contribution in [0.5, 0.6) is 5.88 Å². The number of nitrogens with zero attached hydrogens (tertiary/aromatic N) is 4. The van der Waals surface area contributed by atoms with Gasteiger partial charge in [0.15, 0.2) is 0 Å². The number of hydrogen-bond acceptors (Lipinski definition) is 5. The minimum absolute atomic E-state index is 0.0802. The summed E-state index contributed by atoms with van der Waals surface area (Å²) in [5.74, 6) is 2.75. The quantitative estimate of drug-likeness (QED) is 0.904. The molecule has 0 saturated carbocycles. The molecule has 0 unspecified atom stereocenters. The normalized spacial score (nSPS) is 16.8. The third kappa shape index (κ3) is 3.72. The molecule has 0 saturated heterocycles. The summed E-state index contributed by atoms with van der Waals surface area (Å²) in [7, 11) is 0. The van der Waals surface area contributed by atoms with Crippen molar-refractivity contribution in [3.8, 4) is 5.88 Å². The first-order valence-electron chi connectivity index (χ1n) is 8.31. The van der Waals surface area contributed by atoms with E-state index in [0.717, 1.165) is 24.5 Å². The molecule has 1 aliphatic rings. The van der Waals surface area contributed by atoms with Crippen molar-refractivity contribution in [3.05, 3.63) is 35.5 Å². The summed E-state index contributed by atoms with van der Waals surface area (Å²) in [4.78, 5) is 16.6. The van der Waals surface area contributed by atoms with Crippen LogP contribution in [0.2, 0.25) is 0 Å². The molecule has 7 nitrogen and oxygen atoms in total. The van der Waals surface area contributed by atoms with Gasteiger partial charge >= 0.3 is 0 Å². The maximum absolute atomic E-state index is 12.4. The SMILES string of the molecule is Cc1nnc2n1C[C@@H](NC(=O)c1ccc(OCC(C)C)nc1)CC2. The Morgan fingerprint density at radius 3 is 2.96 bits per heavy atom. The first-order chi connectivity index (χ1) is 11.5. The van der Waals surface area contributed by atoms with Gasteiger partial charge in [-0.2, -0.15) is 0 Å². The summed E-state index contributed by atoms with van der Waals surface area (Å²) in [6, 6.07) is 3.56. The van der Waals surface area contributed by atoms with Gasteiger partial charge in [-0.3, -0.25) is 4.79 Å². The first kappa shape index (κ1) is 16.4. The molecular weight excluding hydrogens is 306 g/mol. The van der Waals surface area contributed by atoms with Crippen LogP contribution in [-0.2, 0) is 13.0 Å². The summed E-state index contributed by atoms with van der Waals surface area (Å²) < 4.78 is 7.60. The van der Waals surface area contributed by atoms with Crippen LogP contribution in [0.1, 0.15) is 42.3 Å². The van der Waals surface area contributed by atoms with Crippen LogP contribution in [0.25, 0.3) is 0 Å². The van der Waals surface area contributed by atoms with E-state index in [1.807, 2.05) is 6.92 Å². The Labute approximate surface area is 141 Å². The van der Waals surface area contributed by atoms with Gasteiger partial charge in [-0.1, -0.05) is 13.8 Å². The van der Waals surface area contributed by atoms with Crippen LogP contribution in [0.15, 0.2) is 18.3 Å². The Balaban J connectivity index is 1.58. The second-order valence-electron chi connectivity index (χ2n) is 6.57. The minimum Gasteiger partial charge on any atom is -0.477 e. The van der Waals surface area contributed by atoms with E-state index in [2.05, 4.69) is 38.9 Å². The zero-order valence-corrected chi connectivity index (χ0v) is 14.3. The molecule has 1 N–H and O–H groups in total. The van der Waals surface area contributed by atoms with Crippen LogP contribution in [-0.4, -0.2) is 38.3 Å². The number of amides is 1. The zero-order chi connectivity index (χ0) is 17.1. The van der Waals surface area contributed by atoms with Crippen LogP contribution < -0.4 is 10.1 Å². The zero-order valence-electron chi connectivity index (χ0n) is 14.3. The van der Waals surface area contributed by atoms with Crippen molar-refractivity contribution >= 4 is 5.91 Å². The van der Waals surface area contributed by atoms with Gasteiger partial charge in [0, 0.05) is 31.3 Å². The fourth-order valence-electron chi connectivity index (χ4n) is 2.70. The number of hydrogen-bond donors (Lipinski definition) is 1. The number of fused-ring (bicyclic) bond motifs is 1. The van der Waals surface area contributed by atoms with Gasteiger partial charge in [0.1, 0.15) is 11.6 Å². The van der Waals surface area contributed by atoms with Crippen molar-refractivity contribution in [2.75, 3.05) is 6.61 Å². The number of rotatable bonds is 5. The average molecular weight is 329 g/mol. The molecule has 24 heavy (non-hydrogen) atoms. The molecule has 0 aliphatic carbocycles. The summed E-state index contributed by atoms with van der Waals surface area (Å²) in [6.07, 6.45) is 3.25. The van der Waals surface area contributed by atoms with Crippen molar-refractivity contribution < 1.29 is 9.53 Å². The summed E-state index contributed by atoms with van der Waals surface area (Å²) in [5, 5.41) is 11.3. The van der Waals surface area contributed by atoms with E-state index in [0.29, 0.717) is 30.5 Å². The molecule has 1 amide bonds. The third-order valence-electron chi connectivity index (χ3n) is 4.03. The highest BCUT2D eigenvalue weighted by molar-refractivity contribution is 5.94. The molecule has 2 aromatic heterocycles. The van der Waals surface area contributed by atoms with Gasteiger partial charge < -0.3 is 14.6 Å². The van der Waals surface area contributed by atoms with Gasteiger partial charge in [0.2, 0.25) is 5.88 Å². The van der Waals surface area contributed by atoms with Gasteiger partial charge in [0.25, 0.3) is 5.91 Å². The van der Waals surface area contributed by atoms with E-state index in [1.54, 1.807) is 18.3 Å². The lowest BCUT2D eigenvalue weighted by Gasteiger charge is -2.24. The van der Waals surface area contributed by atoms with E-state index in [-0.39, 0.29) is 11.9 Å². The number of pyridine rings is 1. The minimum atomic E-state index is -0.114. The molecule has 0 fully saturated rings. The largest absolute Gasteiger partial charge is 0.477 e. The third-order valence-corrected chi connectivity index (χ3v) is 4.03. The van der Waals surface area contributed by atoms with Gasteiger partial charge in [-0.25, -0.2) is 4.98 Å². The summed E-state index contributed by atoms with van der Waals surface area (Å²) in [6.45, 7) is 7.41. The standard InChI is InChI=1S/C17H23N5O2/c1-11(2)10-24-16-7-4-13(8-18-16)17(23)19-14-5-6-15-21-20-12(3)22(15)9-14/h4,7-8,11,14H,5-6,9-10H2,1-3H3,(H,19,23)/t14-/m0/s1. The summed E-state index contributed by atoms with van der Waals surface area (Å²) in [5.41, 5.74) is 0.540. The number of carbonyl (C=O) groups is 1. The summed E-state index contributed by atoms with van der Waals surface area (Å²) >= 11 is 0. The second kappa shape index (κ2) is 6.98. The first-order valence-corrected chi connectivity index (χ1v) is 8.31. The Bertz CT molecular complexity index is 708. The average Bonchev–Trinajstić information content (AvgIpc) is 2.94. The van der Waals surface area contributed by atoms with Crippen LogP contribution >= 0.6 is 0 Å². The molecule has 3 rings (SSSR count). The Morgan fingerprint density at radius 2 is 2.25 bits per heavy atom. The Kier molecular flexibility index (Phi) is 4.78. The highest BCUT2D eigenvalue weighted by Crippen LogP contribution is 2.15. The van der Waals surface area contributed by atoms with Crippen molar-refractivity contribution in [2.24, 2.45) is 5.92 Å². The smallest absolute Gasteiger partial charge is 0.253 e. The number of aryl methyl sites for hydroxylation is 2. The number of carbonyl (C=O) groups excluding carboxylic acids is 1. The molecule has 1 aliphatic heterocycles. The highest BCUT2D eigenvalue weighted by atomic mass is 16.5. The molecular formula is C17H23N5O2. The maximum Gasteiger partial charge on any atom is 0.253 e. The van der Waals surface area contributed by atoms with E-state index in [9.17, 15) is 4.79 Å². The van der Waals surface area contributed by atoms with Crippen LogP contribution in [0.3, 0.4) is 0 Å². The predicted molar refractivity (Wildman–Crippen MR) is 88.9 cm³/mol. The second-order valence-corrected chi connectivity index (χ2v) is 6.57. The molecule has 0 radical (unpaired) electrons. The van der Waals surface area contributed by atoms with Crippen molar-refractivity contribution in [1.29, 1.82) is 0 Å². The lowest BCUT2D eigenvalue weighted by Crippen LogP contribution is -2.41. The van der Waals surface area contributed by atoms with Gasteiger partial charge in [-0.05, 0) is 25.3 Å². The van der Waals surface area contributed by atoms with E-state index in [1.165, 1.54) is 0 Å². The molecule has 2 aromatic rings. The molecule has 3 heterocycles.